The Morgan fingerprint density at radius 3 is 0.975 bits per heavy atom. The van der Waals surface area contributed by atoms with Gasteiger partial charge in [-0.05, 0) is 129 Å². The first kappa shape index (κ1) is 75.9. The fourth-order valence-electron chi connectivity index (χ4n) is 15.3. The van der Waals surface area contributed by atoms with Gasteiger partial charge in [-0.25, -0.2) is 39.1 Å². The van der Waals surface area contributed by atoms with Crippen molar-refractivity contribution in [2.75, 3.05) is 19.6 Å². The Bertz CT molecular complexity index is 6130. The molecule has 4 saturated heterocycles. The Labute approximate surface area is 675 Å². The van der Waals surface area contributed by atoms with E-state index in [0.29, 0.717) is 57.3 Å². The van der Waals surface area contributed by atoms with Crippen molar-refractivity contribution < 1.29 is 64.7 Å². The number of amides is 12. The highest BCUT2D eigenvalue weighted by Crippen LogP contribution is 2.44. The molecule has 0 radical (unpaired) electrons. The first-order valence-electron chi connectivity index (χ1n) is 37.8. The van der Waals surface area contributed by atoms with Crippen LogP contribution in [0, 0.1) is 6.92 Å². The third-order valence-corrected chi connectivity index (χ3v) is 21.5. The highest BCUT2D eigenvalue weighted by molar-refractivity contribution is 6.17. The lowest BCUT2D eigenvalue weighted by molar-refractivity contribution is -0.144. The maximum atomic E-state index is 12.8. The van der Waals surface area contributed by atoms with Gasteiger partial charge in [0.15, 0.2) is 0 Å². The second kappa shape index (κ2) is 30.3. The number of anilines is 4. The van der Waals surface area contributed by atoms with Crippen molar-refractivity contribution >= 4 is 118 Å². The van der Waals surface area contributed by atoms with Crippen LogP contribution in [-0.2, 0) is 57.2 Å². The summed E-state index contributed by atoms with van der Waals surface area (Å²) in [5.41, 5.74) is 16.4. The molecule has 12 aromatic rings. The molecule has 9 aliphatic rings. The molecule has 5 fully saturated rings. The van der Waals surface area contributed by atoms with Gasteiger partial charge < -0.3 is 19.9 Å². The minimum absolute atomic E-state index is 0.0548. The highest BCUT2D eigenvalue weighted by atomic mass is 19.4. The standard InChI is InChI=1S/C23H19N5O2.2C21H14F3N5O2.C21H17N5O2/c29-22-20(28(23(30)27-22)17-8-7-14-9-10-24-18(14)11-17)15-3-1-13(2-4-15)19-12-25-21(26-19)16-5-6-16;22-21(23,24)16-10-26-18(27-16)13-3-1-12(2-4-13)17-19(30)28-20(31)29(17)14-6-5-11-7-8-25-15(11)9-14;22-21(23,24)19-26-10-16(27-19)11-1-3-13(4-2-11)17-18(30)28-20(31)29(17)14-6-5-12-7-8-25-15(12)9-14;1-12-23-11-18(24-12)13-2-4-15(5-3-13)19-20(27)25-21(28)26(19)16-7-6-14-8-9-22-17(14)10-16/h1-4,7-8,10-12,16,20H,5-6,9H2,(H,25,26)(H,27,29,30);2*1-6,8-10,17H,7H2,(H,26,27)(H,28,30,31);2-7,9-11,19H,8H2,1H3,(H,23,24)(H,25,27,28). The van der Waals surface area contributed by atoms with Crippen LogP contribution in [0.15, 0.2) is 215 Å². The summed E-state index contributed by atoms with van der Waals surface area (Å²) < 4.78 is 76.7. The van der Waals surface area contributed by atoms with Crippen LogP contribution in [-0.4, -0.2) is 112 Å². The average molecular weight is 1620 g/mol. The Hall–Kier alpha value is -15.4. The summed E-state index contributed by atoms with van der Waals surface area (Å²) in [6.07, 6.45) is 9.02. The van der Waals surface area contributed by atoms with Gasteiger partial charge in [0, 0.05) is 84.8 Å². The van der Waals surface area contributed by atoms with Gasteiger partial charge in [0.2, 0.25) is 5.82 Å². The highest BCUT2D eigenvalue weighted by Gasteiger charge is 2.46. The molecule has 0 bridgehead atoms. The quantitative estimate of drug-likeness (QED) is 0.0394. The van der Waals surface area contributed by atoms with Crippen LogP contribution in [0.4, 0.5) is 91.0 Å². The molecular weight excluding hydrogens is 1560 g/mol. The van der Waals surface area contributed by atoms with Crippen molar-refractivity contribution in [2.45, 2.75) is 87.9 Å². The van der Waals surface area contributed by atoms with Gasteiger partial charge in [0.25, 0.3) is 23.6 Å². The molecule has 1 saturated carbocycles. The maximum absolute atomic E-state index is 12.8. The number of aromatic amines is 4. The molecule has 4 unspecified atom stereocenters. The zero-order valence-electron chi connectivity index (χ0n) is 62.8. The summed E-state index contributed by atoms with van der Waals surface area (Å²) in [6, 6.07) is 44.8. The molecule has 4 aromatic heterocycles. The molecule has 21 rings (SSSR count). The van der Waals surface area contributed by atoms with Crippen LogP contribution in [0.25, 0.3) is 45.2 Å². The number of hydrogen-bond acceptors (Lipinski definition) is 16. The van der Waals surface area contributed by atoms with Crippen molar-refractivity contribution in [3.05, 3.63) is 262 Å². The molecule has 120 heavy (non-hydrogen) atoms. The Kier molecular flexibility index (Phi) is 19.2. The largest absolute Gasteiger partial charge is 0.449 e. The number of carbonyl (C=O) groups is 8. The zero-order chi connectivity index (χ0) is 83.0. The number of carbonyl (C=O) groups excluding carboxylic acids is 8. The molecule has 0 spiro atoms. The molecule has 28 nitrogen and oxygen atoms in total. The summed E-state index contributed by atoms with van der Waals surface area (Å²) in [7, 11) is 0. The lowest BCUT2D eigenvalue weighted by Gasteiger charge is -2.22. The molecular formula is C86H64F6N20O8. The number of benzene rings is 8. The van der Waals surface area contributed by atoms with E-state index in [1.807, 2.05) is 123 Å². The number of nitrogens with one attached hydrogen (secondary N) is 8. The number of aliphatic imine (C=N–C) groups is 4. The average Bonchev–Trinajstić information content (AvgIpc) is 1.64. The summed E-state index contributed by atoms with van der Waals surface area (Å²) >= 11 is 0. The van der Waals surface area contributed by atoms with Crippen LogP contribution in [0.2, 0.25) is 0 Å². The van der Waals surface area contributed by atoms with E-state index in [1.165, 1.54) is 32.4 Å². The maximum Gasteiger partial charge on any atom is 0.449 e. The predicted octanol–water partition coefficient (Wildman–Crippen LogP) is 15.8. The van der Waals surface area contributed by atoms with E-state index in [1.54, 1.807) is 91.4 Å². The first-order valence-corrected chi connectivity index (χ1v) is 37.8. The molecule has 8 N–H and O–H groups in total. The van der Waals surface area contributed by atoms with Crippen molar-refractivity contribution in [1.82, 2.24) is 61.1 Å². The number of fused-ring (bicyclic) bond motifs is 4. The molecule has 8 aromatic carbocycles. The number of halogens is 6. The number of hydrogen-bond donors (Lipinski definition) is 8. The lowest BCUT2D eigenvalue weighted by atomic mass is 10.0. The molecule has 598 valence electrons. The van der Waals surface area contributed by atoms with Crippen LogP contribution in [0.5, 0.6) is 0 Å². The van der Waals surface area contributed by atoms with E-state index in [2.05, 4.69) is 81.1 Å². The van der Waals surface area contributed by atoms with Gasteiger partial charge in [0.1, 0.15) is 47.3 Å². The number of imidazole rings is 4. The van der Waals surface area contributed by atoms with E-state index < -0.39 is 84.0 Å². The van der Waals surface area contributed by atoms with Gasteiger partial charge in [0.05, 0.1) is 64.6 Å². The summed E-state index contributed by atoms with van der Waals surface area (Å²) in [6.45, 7) is 1.89. The normalized spacial score (nSPS) is 18.4. The molecule has 12 amide bonds. The van der Waals surface area contributed by atoms with Gasteiger partial charge >= 0.3 is 36.5 Å². The molecule has 4 atom stereocenters. The number of H-pyrrole nitrogens is 4. The van der Waals surface area contributed by atoms with Crippen molar-refractivity contribution in [3.8, 4) is 45.2 Å². The van der Waals surface area contributed by atoms with Gasteiger partial charge in [-0.3, -0.25) is 80.0 Å². The molecule has 1 aliphatic carbocycles. The zero-order valence-corrected chi connectivity index (χ0v) is 62.8. The minimum Gasteiger partial charge on any atom is -0.342 e. The van der Waals surface area contributed by atoms with E-state index in [9.17, 15) is 64.7 Å². The monoisotopic (exact) mass is 1620 g/mol. The number of alkyl halides is 6. The number of aryl methyl sites for hydroxylation is 1. The van der Waals surface area contributed by atoms with Crippen LogP contribution < -0.4 is 40.9 Å². The van der Waals surface area contributed by atoms with E-state index in [-0.39, 0.29) is 23.3 Å². The van der Waals surface area contributed by atoms with Gasteiger partial charge in [-0.15, -0.1) is 0 Å². The second-order valence-corrected chi connectivity index (χ2v) is 29.2. The predicted molar refractivity (Wildman–Crippen MR) is 431 cm³/mol. The van der Waals surface area contributed by atoms with Crippen LogP contribution in [0.3, 0.4) is 0 Å². The topological polar surface area (TPSA) is 362 Å². The van der Waals surface area contributed by atoms with Crippen molar-refractivity contribution in [2.24, 2.45) is 20.0 Å². The van der Waals surface area contributed by atoms with Crippen LogP contribution in [0.1, 0.15) is 111 Å². The lowest BCUT2D eigenvalue weighted by Crippen LogP contribution is -2.29. The van der Waals surface area contributed by atoms with Crippen molar-refractivity contribution in [3.63, 3.8) is 0 Å². The number of imide groups is 4. The van der Waals surface area contributed by atoms with E-state index >= 15 is 0 Å². The van der Waals surface area contributed by atoms with E-state index in [4.69, 9.17) is 0 Å². The number of rotatable bonds is 13. The summed E-state index contributed by atoms with van der Waals surface area (Å²) in [5.74, 6) is -0.214. The third kappa shape index (κ3) is 14.8. The van der Waals surface area contributed by atoms with E-state index in [0.717, 1.165) is 122 Å². The minimum atomic E-state index is -4.57. The number of aromatic nitrogens is 8. The fraction of sp³-hybridized carbons (Fsp3) is 0.163. The Morgan fingerprint density at radius 1 is 0.342 bits per heavy atom. The number of urea groups is 4. The third-order valence-electron chi connectivity index (χ3n) is 21.5. The Balaban J connectivity index is 0.000000110. The van der Waals surface area contributed by atoms with Gasteiger partial charge in [-0.1, -0.05) is 121 Å². The first-order chi connectivity index (χ1) is 57.9. The number of nitrogens with zero attached hydrogens (tertiary/aromatic N) is 12. The van der Waals surface area contributed by atoms with Crippen molar-refractivity contribution in [1.29, 1.82) is 0 Å². The smallest absolute Gasteiger partial charge is 0.342 e. The molecule has 8 aliphatic heterocycles. The fourth-order valence-corrected chi connectivity index (χ4v) is 15.3. The summed E-state index contributed by atoms with van der Waals surface area (Å²) in [5, 5.41) is 9.50. The second-order valence-electron chi connectivity index (χ2n) is 29.2. The van der Waals surface area contributed by atoms with Gasteiger partial charge in [-0.2, -0.15) is 26.3 Å². The molecule has 34 heteroatoms. The summed E-state index contributed by atoms with van der Waals surface area (Å²) in [4.78, 5) is 150. The molecule has 12 heterocycles. The SMILES string of the molecule is Cc1ncc(-c2ccc(C3C(=O)NC(=O)N3c3ccc4c(c3)N=CC4)cc2)[nH]1.O=C1NC(=O)N(c2ccc3c(c2)N=CC3)C1c1ccc(-c2cnc(C(F)(F)F)[nH]2)cc1.O=C1NC(=O)N(c2ccc3c(c2)N=CC3)C1c1ccc(-c2cnc(C3CC3)[nH]2)cc1.O=C1NC(=O)N(c2ccc3c(c2)N=CC3)C1c1ccc(-c2ncc(C(F)(F)F)[nH]2)cc1. The Morgan fingerprint density at radius 2 is 0.667 bits per heavy atom. The van der Waals surface area contributed by atoms with Crippen LogP contribution >= 0.6 is 0 Å².